The van der Waals surface area contributed by atoms with Crippen LogP contribution in [0.25, 0.3) is 0 Å². The fourth-order valence-electron chi connectivity index (χ4n) is 2.82. The fraction of sp³-hybridized carbons (Fsp3) is 0.438. The van der Waals surface area contributed by atoms with Gasteiger partial charge in [-0.15, -0.1) is 0 Å². The average molecular weight is 313 g/mol. The normalized spacial score (nSPS) is 26.8. The fourth-order valence-corrected chi connectivity index (χ4v) is 2.82. The molecule has 2 aliphatic rings. The first-order valence-corrected chi connectivity index (χ1v) is 7.67. The third-order valence-corrected chi connectivity index (χ3v) is 4.33. The molecule has 23 heavy (non-hydrogen) atoms. The zero-order valence-corrected chi connectivity index (χ0v) is 13.0. The summed E-state index contributed by atoms with van der Waals surface area (Å²) in [5.74, 6) is 1.35. The number of likely N-dealkylation sites (tertiary alicyclic amines) is 1. The Morgan fingerprint density at radius 2 is 2.52 bits per heavy atom. The highest BCUT2D eigenvalue weighted by molar-refractivity contribution is 5.89. The first-order valence-electron chi connectivity index (χ1n) is 7.67. The smallest absolute Gasteiger partial charge is 0.248 e. The molecule has 0 aliphatic carbocycles. The van der Waals surface area contributed by atoms with E-state index in [1.54, 1.807) is 23.5 Å². The van der Waals surface area contributed by atoms with Gasteiger partial charge in [0.2, 0.25) is 5.91 Å². The number of amides is 1. The van der Waals surface area contributed by atoms with E-state index in [-0.39, 0.29) is 12.2 Å². The number of hydrogen-bond donors (Lipinski definition) is 2. The number of nitrogens with one attached hydrogen (secondary N) is 2. The number of allylic oxidation sites excluding steroid dienone is 1. The molecule has 0 saturated carbocycles. The number of nitrogens with zero attached hydrogens (tertiary/aromatic N) is 3. The predicted octanol–water partition coefficient (Wildman–Crippen LogP) is 1.32. The van der Waals surface area contributed by atoms with Crippen molar-refractivity contribution >= 4 is 12.1 Å². The molecule has 3 heterocycles. The summed E-state index contributed by atoms with van der Waals surface area (Å²) in [7, 11) is 0. The topological polar surface area (TPSA) is 93.7 Å². The molecule has 7 nitrogen and oxygen atoms in total. The molecule has 1 saturated heterocycles. The van der Waals surface area contributed by atoms with Crippen LogP contribution >= 0.6 is 0 Å². The zero-order valence-electron chi connectivity index (χ0n) is 13.0. The van der Waals surface area contributed by atoms with Gasteiger partial charge in [-0.05, 0) is 31.1 Å². The third-order valence-electron chi connectivity index (χ3n) is 4.33. The Balaban J connectivity index is 1.63. The molecule has 0 radical (unpaired) electrons. The number of furan rings is 1. The summed E-state index contributed by atoms with van der Waals surface area (Å²) < 4.78 is 5.27. The Labute approximate surface area is 134 Å². The molecular weight excluding hydrogens is 294 g/mol. The highest BCUT2D eigenvalue weighted by atomic mass is 16.3. The molecule has 0 spiro atoms. The average Bonchev–Trinajstić information content (AvgIpc) is 3.21. The van der Waals surface area contributed by atoms with Gasteiger partial charge in [0.05, 0.1) is 18.9 Å². The van der Waals surface area contributed by atoms with Crippen molar-refractivity contribution < 1.29 is 9.21 Å². The quantitative estimate of drug-likeness (QED) is 0.855. The van der Waals surface area contributed by atoms with E-state index in [0.717, 1.165) is 5.76 Å². The number of rotatable bonds is 5. The summed E-state index contributed by atoms with van der Waals surface area (Å²) in [6, 6.07) is 5.90. The summed E-state index contributed by atoms with van der Waals surface area (Å²) in [6.07, 6.45) is 5.78. The van der Waals surface area contributed by atoms with Crippen molar-refractivity contribution in [2.24, 2.45) is 10.4 Å². The van der Waals surface area contributed by atoms with Gasteiger partial charge in [-0.1, -0.05) is 6.92 Å². The van der Waals surface area contributed by atoms with Crippen molar-refractivity contribution in [1.82, 2.24) is 15.5 Å². The molecule has 3 rings (SSSR count). The van der Waals surface area contributed by atoms with Crippen LogP contribution in [-0.4, -0.2) is 29.9 Å². The van der Waals surface area contributed by atoms with Crippen LogP contribution in [0.3, 0.4) is 0 Å². The van der Waals surface area contributed by atoms with Crippen molar-refractivity contribution in [2.75, 3.05) is 6.54 Å². The van der Waals surface area contributed by atoms with Gasteiger partial charge in [-0.3, -0.25) is 20.0 Å². The number of nitriles is 1. The van der Waals surface area contributed by atoms with E-state index in [1.165, 1.54) is 0 Å². The van der Waals surface area contributed by atoms with Gasteiger partial charge in [0.25, 0.3) is 0 Å². The Morgan fingerprint density at radius 3 is 3.17 bits per heavy atom. The summed E-state index contributed by atoms with van der Waals surface area (Å²) in [4.78, 5) is 18.5. The minimum atomic E-state index is -0.895. The molecule has 1 fully saturated rings. The van der Waals surface area contributed by atoms with Gasteiger partial charge in [-0.25, -0.2) is 0 Å². The maximum absolute atomic E-state index is 12.6. The molecule has 120 valence electrons. The van der Waals surface area contributed by atoms with Gasteiger partial charge < -0.3 is 9.73 Å². The molecule has 0 bridgehead atoms. The number of carbonyl (C=O) groups excluding carboxylic acids is 1. The summed E-state index contributed by atoms with van der Waals surface area (Å²) in [5.41, 5.74) is -0.895. The van der Waals surface area contributed by atoms with Crippen molar-refractivity contribution in [1.29, 1.82) is 5.26 Å². The molecular formula is C16H19N5O2. The highest BCUT2D eigenvalue weighted by Crippen LogP contribution is 2.36. The van der Waals surface area contributed by atoms with Gasteiger partial charge in [0, 0.05) is 12.8 Å². The second kappa shape index (κ2) is 6.26. The van der Waals surface area contributed by atoms with Crippen molar-refractivity contribution in [2.45, 2.75) is 32.6 Å². The summed E-state index contributed by atoms with van der Waals surface area (Å²) in [6.45, 7) is 2.95. The Kier molecular flexibility index (Phi) is 4.17. The van der Waals surface area contributed by atoms with E-state index < -0.39 is 5.41 Å². The molecule has 1 aromatic heterocycles. The van der Waals surface area contributed by atoms with Crippen LogP contribution in [0.4, 0.5) is 0 Å². The second-order valence-corrected chi connectivity index (χ2v) is 5.61. The molecule has 0 aromatic carbocycles. The SMILES string of the molecule is CCC1(C#N)CCN(C2=CC=NC(NCc3ccco3)N2)C1=O. The Bertz CT molecular complexity index is 673. The van der Waals surface area contributed by atoms with E-state index in [1.807, 2.05) is 19.1 Å². The lowest BCUT2D eigenvalue weighted by atomic mass is 9.85. The van der Waals surface area contributed by atoms with Crippen molar-refractivity contribution in [3.8, 4) is 6.07 Å². The molecule has 2 atom stereocenters. The number of carbonyl (C=O) groups is 1. The van der Waals surface area contributed by atoms with Gasteiger partial charge >= 0.3 is 0 Å². The predicted molar refractivity (Wildman–Crippen MR) is 83.7 cm³/mol. The minimum Gasteiger partial charge on any atom is -0.468 e. The lowest BCUT2D eigenvalue weighted by molar-refractivity contribution is -0.132. The number of hydrogen-bond acceptors (Lipinski definition) is 6. The van der Waals surface area contributed by atoms with Crippen LogP contribution in [0.2, 0.25) is 0 Å². The van der Waals surface area contributed by atoms with Crippen LogP contribution in [0.5, 0.6) is 0 Å². The molecule has 2 unspecified atom stereocenters. The second-order valence-electron chi connectivity index (χ2n) is 5.61. The lowest BCUT2D eigenvalue weighted by Gasteiger charge is -2.28. The van der Waals surface area contributed by atoms with Crippen LogP contribution in [0.15, 0.2) is 39.7 Å². The maximum Gasteiger partial charge on any atom is 0.248 e. The largest absolute Gasteiger partial charge is 0.468 e. The Hall–Kier alpha value is -2.59. The maximum atomic E-state index is 12.6. The van der Waals surface area contributed by atoms with Gasteiger partial charge in [0.1, 0.15) is 17.0 Å². The standard InChI is InChI=1S/C16H19N5O2/c1-2-16(11-17)6-8-21(14(16)22)13-5-7-18-15(20-13)19-10-12-4-3-9-23-12/h3-5,7,9,15,19-20H,2,6,8,10H2,1H3. The van der Waals surface area contributed by atoms with Gasteiger partial charge in [-0.2, -0.15) is 5.26 Å². The van der Waals surface area contributed by atoms with Crippen LogP contribution in [-0.2, 0) is 11.3 Å². The monoisotopic (exact) mass is 313 g/mol. The Morgan fingerprint density at radius 1 is 1.65 bits per heavy atom. The van der Waals surface area contributed by atoms with E-state index in [2.05, 4.69) is 21.7 Å². The highest BCUT2D eigenvalue weighted by Gasteiger charge is 2.47. The first kappa shape index (κ1) is 15.3. The third kappa shape index (κ3) is 2.85. The van der Waals surface area contributed by atoms with Crippen molar-refractivity contribution in [3.05, 3.63) is 36.1 Å². The van der Waals surface area contributed by atoms with Crippen LogP contribution in [0.1, 0.15) is 25.5 Å². The minimum absolute atomic E-state index is 0.138. The van der Waals surface area contributed by atoms with E-state index in [4.69, 9.17) is 4.42 Å². The summed E-state index contributed by atoms with van der Waals surface area (Å²) in [5, 5.41) is 15.7. The number of aliphatic imine (C=N–C) groups is 1. The van der Waals surface area contributed by atoms with E-state index >= 15 is 0 Å². The molecule has 2 N–H and O–H groups in total. The first-order chi connectivity index (χ1) is 11.2. The zero-order chi connectivity index (χ0) is 16.3. The molecule has 1 aromatic rings. The van der Waals surface area contributed by atoms with E-state index in [9.17, 15) is 10.1 Å². The van der Waals surface area contributed by atoms with Gasteiger partial charge in [0.15, 0.2) is 6.29 Å². The lowest BCUT2D eigenvalue weighted by Crippen LogP contribution is -2.47. The molecule has 2 aliphatic heterocycles. The molecule has 1 amide bonds. The summed E-state index contributed by atoms with van der Waals surface area (Å²) >= 11 is 0. The van der Waals surface area contributed by atoms with E-state index in [0.29, 0.717) is 31.8 Å². The van der Waals surface area contributed by atoms with Crippen LogP contribution in [0, 0.1) is 16.7 Å². The molecule has 7 heteroatoms. The van der Waals surface area contributed by atoms with Crippen molar-refractivity contribution in [3.63, 3.8) is 0 Å². The van der Waals surface area contributed by atoms with Crippen LogP contribution < -0.4 is 10.6 Å².